The number of nitrogens with two attached hydrogens (primary N) is 1. The molecule has 0 rings (SSSR count). The lowest BCUT2D eigenvalue weighted by Gasteiger charge is -2.32. The fraction of sp³-hybridized carbons (Fsp3) is 0.923. The topological polar surface area (TPSA) is 249 Å². The Balaban J connectivity index is 4.91. The van der Waals surface area contributed by atoms with Crippen molar-refractivity contribution in [3.05, 3.63) is 0 Å². The van der Waals surface area contributed by atoms with Crippen molar-refractivity contribution in [3.8, 4) is 0 Å². The molecule has 0 aliphatic heterocycles. The molecule has 0 fully saturated rings. The number of hydrogen-bond acceptors (Lipinski definition) is 11. The van der Waals surface area contributed by atoms with E-state index in [1.807, 2.05) is 0 Å². The van der Waals surface area contributed by atoms with E-state index >= 15 is 0 Å². The van der Waals surface area contributed by atoms with Gasteiger partial charge in [0.1, 0.15) is 48.8 Å². The summed E-state index contributed by atoms with van der Waals surface area (Å²) in [5.74, 6) is 0. The number of amides is 2. The highest BCUT2D eigenvalue weighted by atomic mass is 16.4. The summed E-state index contributed by atoms with van der Waals surface area (Å²) in [7, 11) is 0. The van der Waals surface area contributed by atoms with E-state index in [0.717, 1.165) is 0 Å². The Morgan fingerprint density at radius 1 is 0.654 bits per heavy atom. The number of aliphatic hydroxyl groups excluding tert-OH is 10. The van der Waals surface area contributed by atoms with E-state index in [9.17, 15) is 45.6 Å². The summed E-state index contributed by atoms with van der Waals surface area (Å²) in [5, 5.41) is 93.9. The van der Waals surface area contributed by atoms with Gasteiger partial charge in [0.05, 0.1) is 26.3 Å². The summed E-state index contributed by atoms with van der Waals surface area (Å²) in [6, 6.07) is -1.20. The van der Waals surface area contributed by atoms with E-state index in [2.05, 4.69) is 0 Å². The average Bonchev–Trinajstić information content (AvgIpc) is 2.62. The second kappa shape index (κ2) is 11.6. The molecule has 0 aliphatic carbocycles. The minimum Gasteiger partial charge on any atom is -0.394 e. The van der Waals surface area contributed by atoms with Gasteiger partial charge in [-0.2, -0.15) is 0 Å². The molecule has 0 aromatic carbocycles. The number of hydrogen-bond donors (Lipinski definition) is 11. The largest absolute Gasteiger partial charge is 0.394 e. The lowest BCUT2D eigenvalue weighted by Crippen LogP contribution is -2.55. The van der Waals surface area contributed by atoms with E-state index in [0.29, 0.717) is 4.90 Å². The van der Waals surface area contributed by atoms with Crippen LogP contribution in [0.1, 0.15) is 0 Å². The van der Waals surface area contributed by atoms with Gasteiger partial charge in [0.2, 0.25) is 0 Å². The molecule has 0 aliphatic rings. The van der Waals surface area contributed by atoms with Crippen LogP contribution in [0.2, 0.25) is 0 Å². The van der Waals surface area contributed by atoms with Gasteiger partial charge in [-0.05, 0) is 0 Å². The number of nitrogens with zero attached hydrogens (tertiary/aromatic N) is 1. The summed E-state index contributed by atoms with van der Waals surface area (Å²) >= 11 is 0. The number of carbonyl (C=O) groups excluding carboxylic acids is 1. The van der Waals surface area contributed by atoms with Crippen molar-refractivity contribution >= 4 is 6.03 Å². The number of urea groups is 1. The molecule has 2 amide bonds. The maximum atomic E-state index is 11.4. The third kappa shape index (κ3) is 7.24. The fourth-order valence-corrected chi connectivity index (χ4v) is 2.05. The number of carbonyl (C=O) groups is 1. The van der Waals surface area contributed by atoms with E-state index < -0.39 is 81.2 Å². The van der Waals surface area contributed by atoms with Crippen LogP contribution in [-0.4, -0.2) is 137 Å². The van der Waals surface area contributed by atoms with Crippen LogP contribution >= 0.6 is 0 Å². The molecule has 26 heavy (non-hydrogen) atoms. The molecule has 12 N–H and O–H groups in total. The Kier molecular flexibility index (Phi) is 11.1. The van der Waals surface area contributed by atoms with Crippen molar-refractivity contribution in [1.82, 2.24) is 4.90 Å². The number of aliphatic hydroxyl groups is 10. The first kappa shape index (κ1) is 24.9. The Labute approximate surface area is 148 Å². The highest BCUT2D eigenvalue weighted by Gasteiger charge is 2.35. The Morgan fingerprint density at radius 3 is 1.15 bits per heavy atom. The highest BCUT2D eigenvalue weighted by molar-refractivity contribution is 5.72. The van der Waals surface area contributed by atoms with Gasteiger partial charge in [-0.15, -0.1) is 0 Å². The summed E-state index contributed by atoms with van der Waals surface area (Å²) in [6.45, 7) is -3.29. The van der Waals surface area contributed by atoms with Crippen molar-refractivity contribution in [3.63, 3.8) is 0 Å². The van der Waals surface area contributed by atoms with Gasteiger partial charge in [0.25, 0.3) is 0 Å². The standard InChI is InChI=1S/C13H28N2O11/c14-13(26)15(1-5(18)9(22)11(24)7(20)3-16)2-6(19)10(23)12(25)8(21)4-17/h5-12,16-25H,1-4H2,(H2,14,26). The van der Waals surface area contributed by atoms with Crippen LogP contribution in [0.5, 0.6) is 0 Å². The lowest BCUT2D eigenvalue weighted by atomic mass is 10.0. The lowest BCUT2D eigenvalue weighted by molar-refractivity contribution is -0.126. The van der Waals surface area contributed by atoms with E-state index in [1.165, 1.54) is 0 Å². The first-order valence-electron chi connectivity index (χ1n) is 7.68. The normalized spacial score (nSPS) is 21.2. The molecular formula is C13H28N2O11. The quantitative estimate of drug-likeness (QED) is 0.150. The Bertz CT molecular complexity index is 386. The second-order valence-corrected chi connectivity index (χ2v) is 5.84. The zero-order valence-electron chi connectivity index (χ0n) is 13.9. The zero-order chi connectivity index (χ0) is 20.6. The maximum Gasteiger partial charge on any atom is 0.314 e. The van der Waals surface area contributed by atoms with Crippen LogP contribution in [0.15, 0.2) is 0 Å². The SMILES string of the molecule is NC(=O)N(CC(O)C(O)C(O)C(O)CO)CC(O)C(O)C(O)C(O)CO. The molecule has 0 saturated heterocycles. The van der Waals surface area contributed by atoms with Crippen LogP contribution in [0.3, 0.4) is 0 Å². The summed E-state index contributed by atoms with van der Waals surface area (Å²) in [5.41, 5.74) is 5.06. The molecule has 0 radical (unpaired) electrons. The zero-order valence-corrected chi connectivity index (χ0v) is 13.9. The first-order valence-corrected chi connectivity index (χ1v) is 7.68. The third-order valence-electron chi connectivity index (χ3n) is 3.78. The molecule has 0 bridgehead atoms. The second-order valence-electron chi connectivity index (χ2n) is 5.84. The van der Waals surface area contributed by atoms with Crippen LogP contribution in [0.25, 0.3) is 0 Å². The minimum absolute atomic E-state index is 0.567. The number of rotatable bonds is 12. The smallest absolute Gasteiger partial charge is 0.314 e. The molecule has 0 aromatic rings. The Hall–Kier alpha value is -1.13. The maximum absolute atomic E-state index is 11.4. The van der Waals surface area contributed by atoms with Gasteiger partial charge in [0, 0.05) is 0 Å². The van der Waals surface area contributed by atoms with Crippen molar-refractivity contribution in [2.24, 2.45) is 5.73 Å². The van der Waals surface area contributed by atoms with Gasteiger partial charge < -0.3 is 61.7 Å². The van der Waals surface area contributed by atoms with E-state index in [-0.39, 0.29) is 0 Å². The van der Waals surface area contributed by atoms with Gasteiger partial charge >= 0.3 is 6.03 Å². The van der Waals surface area contributed by atoms with Gasteiger partial charge in [-0.3, -0.25) is 0 Å². The molecule has 0 aromatic heterocycles. The minimum atomic E-state index is -1.98. The first-order chi connectivity index (χ1) is 12.0. The van der Waals surface area contributed by atoms with E-state index in [4.69, 9.17) is 15.9 Å². The molecular weight excluding hydrogens is 360 g/mol. The van der Waals surface area contributed by atoms with Crippen molar-refractivity contribution in [1.29, 1.82) is 0 Å². The van der Waals surface area contributed by atoms with Crippen molar-refractivity contribution in [2.45, 2.75) is 48.8 Å². The monoisotopic (exact) mass is 388 g/mol. The van der Waals surface area contributed by atoms with E-state index in [1.54, 1.807) is 0 Å². The highest BCUT2D eigenvalue weighted by Crippen LogP contribution is 2.10. The molecule has 8 atom stereocenters. The Morgan fingerprint density at radius 2 is 0.923 bits per heavy atom. The van der Waals surface area contributed by atoms with Crippen molar-refractivity contribution in [2.75, 3.05) is 26.3 Å². The molecule has 8 unspecified atom stereocenters. The molecule has 0 heterocycles. The molecule has 0 saturated carbocycles. The number of primary amides is 1. The summed E-state index contributed by atoms with van der Waals surface area (Å²) < 4.78 is 0. The average molecular weight is 388 g/mol. The molecule has 156 valence electrons. The summed E-state index contributed by atoms with van der Waals surface area (Å²) in [6.07, 6.45) is -15.1. The van der Waals surface area contributed by atoms with Crippen LogP contribution < -0.4 is 5.73 Å². The van der Waals surface area contributed by atoms with Crippen LogP contribution in [0.4, 0.5) is 4.79 Å². The molecule has 13 nitrogen and oxygen atoms in total. The molecule has 0 spiro atoms. The van der Waals surface area contributed by atoms with Crippen molar-refractivity contribution < 1.29 is 55.9 Å². The van der Waals surface area contributed by atoms with Crippen LogP contribution in [-0.2, 0) is 0 Å². The van der Waals surface area contributed by atoms with Crippen LogP contribution in [0, 0.1) is 0 Å². The molecule has 13 heteroatoms. The third-order valence-corrected chi connectivity index (χ3v) is 3.78. The van der Waals surface area contributed by atoms with Gasteiger partial charge in [-0.25, -0.2) is 4.79 Å². The van der Waals surface area contributed by atoms with Gasteiger partial charge in [-0.1, -0.05) is 0 Å². The van der Waals surface area contributed by atoms with Gasteiger partial charge in [0.15, 0.2) is 0 Å². The predicted molar refractivity (Wildman–Crippen MR) is 83.4 cm³/mol. The summed E-state index contributed by atoms with van der Waals surface area (Å²) in [4.78, 5) is 12.0. The predicted octanol–water partition coefficient (Wildman–Crippen LogP) is -6.76. The fourth-order valence-electron chi connectivity index (χ4n) is 2.05.